The number of benzene rings is 1. The normalized spacial score (nSPS) is 14.1. The van der Waals surface area contributed by atoms with Crippen molar-refractivity contribution in [3.05, 3.63) is 59.2 Å². The number of hydrogen-bond acceptors (Lipinski definition) is 8. The molecule has 1 aromatic rings. The second kappa shape index (κ2) is 15.8. The van der Waals surface area contributed by atoms with Crippen molar-refractivity contribution in [1.82, 2.24) is 10.6 Å². The number of nitrogens with two attached hydrogens (primary N) is 1. The molecule has 0 bridgehead atoms. The first-order valence-electron chi connectivity index (χ1n) is 12.3. The average Bonchev–Trinajstić information content (AvgIpc) is 2.88. The summed E-state index contributed by atoms with van der Waals surface area (Å²) in [5.74, 6) is 0.447. The Bertz CT molecular complexity index is 1220. The van der Waals surface area contributed by atoms with Gasteiger partial charge in [0.25, 0.3) is 10.0 Å². The lowest BCUT2D eigenvalue weighted by Gasteiger charge is -2.26. The van der Waals surface area contributed by atoms with Crippen molar-refractivity contribution in [2.75, 3.05) is 33.4 Å². The first-order chi connectivity index (χ1) is 18.4. The number of rotatable bonds is 16. The van der Waals surface area contributed by atoms with E-state index in [9.17, 15) is 23.1 Å². The molecule has 1 rings (SSSR count). The van der Waals surface area contributed by atoms with Crippen molar-refractivity contribution in [3.8, 4) is 5.75 Å². The van der Waals surface area contributed by atoms with E-state index in [-0.39, 0.29) is 30.3 Å². The van der Waals surface area contributed by atoms with Crippen LogP contribution in [0.1, 0.15) is 36.5 Å². The molecule has 0 heterocycles. The number of alkyl carbamates (subject to hydrolysis) is 1. The summed E-state index contributed by atoms with van der Waals surface area (Å²) in [4.78, 5) is 23.9. The summed E-state index contributed by atoms with van der Waals surface area (Å²) in [5.41, 5.74) is 6.84. The Hall–Kier alpha value is -3.48. The number of methoxy groups -OCH3 is 1. The number of allylic oxidation sites excluding steroid dienone is 4. The van der Waals surface area contributed by atoms with Crippen LogP contribution in [0.25, 0.3) is 0 Å². The summed E-state index contributed by atoms with van der Waals surface area (Å²) >= 11 is 0. The van der Waals surface area contributed by atoms with E-state index in [1.54, 1.807) is 58.1 Å². The van der Waals surface area contributed by atoms with Crippen LogP contribution in [0.3, 0.4) is 0 Å². The van der Waals surface area contributed by atoms with Gasteiger partial charge in [-0.15, -0.1) is 4.40 Å². The monoisotopic (exact) mass is 564 g/mol. The molecule has 0 spiro atoms. The Morgan fingerprint density at radius 1 is 1.26 bits per heavy atom. The van der Waals surface area contributed by atoms with E-state index in [0.29, 0.717) is 41.7 Å². The zero-order chi connectivity index (χ0) is 29.6. The van der Waals surface area contributed by atoms with Crippen molar-refractivity contribution in [2.45, 2.75) is 51.0 Å². The minimum atomic E-state index is -4.06. The van der Waals surface area contributed by atoms with Gasteiger partial charge in [-0.05, 0) is 75.4 Å². The first-order valence-corrected chi connectivity index (χ1v) is 13.7. The molecule has 0 aliphatic heterocycles. The third-order valence-electron chi connectivity index (χ3n) is 5.89. The van der Waals surface area contributed by atoms with Gasteiger partial charge in [0.15, 0.2) is 0 Å². The fraction of sp³-hybridized carbons (Fsp3) is 0.444. The van der Waals surface area contributed by atoms with E-state index in [1.165, 1.54) is 7.11 Å². The van der Waals surface area contributed by atoms with Crippen LogP contribution in [0, 0.1) is 20.8 Å². The van der Waals surface area contributed by atoms with Gasteiger partial charge in [-0.1, -0.05) is 30.9 Å². The van der Waals surface area contributed by atoms with Crippen molar-refractivity contribution in [3.63, 3.8) is 0 Å². The molecule has 5 N–H and O–H groups in total. The first kappa shape index (κ1) is 33.5. The molecule has 0 aliphatic carbocycles. The number of aldehydes is 1. The topological polar surface area (TPSA) is 169 Å². The van der Waals surface area contributed by atoms with Crippen LogP contribution in [0.4, 0.5) is 4.79 Å². The lowest BCUT2D eigenvalue weighted by atomic mass is 9.96. The van der Waals surface area contributed by atoms with Crippen molar-refractivity contribution < 1.29 is 32.6 Å². The minimum absolute atomic E-state index is 0.00585. The molecule has 0 saturated carbocycles. The lowest BCUT2D eigenvalue weighted by Crippen LogP contribution is -2.53. The Kier molecular flexibility index (Phi) is 13.6. The maximum Gasteiger partial charge on any atom is 0.408 e. The van der Waals surface area contributed by atoms with Gasteiger partial charge in [-0.3, -0.25) is 0 Å². The third kappa shape index (κ3) is 10.3. The van der Waals surface area contributed by atoms with Crippen LogP contribution >= 0.6 is 0 Å². The van der Waals surface area contributed by atoms with Crippen LogP contribution in [0.2, 0.25) is 0 Å². The number of nitrogens with zero attached hydrogens (tertiary/aromatic N) is 1. The zero-order valence-electron chi connectivity index (χ0n) is 23.2. The number of ether oxygens (including phenoxy) is 2. The van der Waals surface area contributed by atoms with Gasteiger partial charge in [-0.25, -0.2) is 4.79 Å². The number of carbonyl (C=O) groups excluding carboxylic acids is 2. The average molecular weight is 565 g/mol. The van der Waals surface area contributed by atoms with E-state index in [4.69, 9.17) is 15.2 Å². The molecule has 11 nitrogen and oxygen atoms in total. The van der Waals surface area contributed by atoms with Gasteiger partial charge in [0.2, 0.25) is 0 Å². The summed E-state index contributed by atoms with van der Waals surface area (Å²) in [6.45, 7) is 10.1. The molecule has 12 heteroatoms. The van der Waals surface area contributed by atoms with Crippen LogP contribution < -0.4 is 21.1 Å². The van der Waals surface area contributed by atoms with E-state index >= 15 is 0 Å². The predicted octanol–water partition coefficient (Wildman–Crippen LogP) is 2.38. The van der Waals surface area contributed by atoms with Gasteiger partial charge in [0.05, 0.1) is 25.2 Å². The molecule has 0 unspecified atom stereocenters. The Morgan fingerprint density at radius 2 is 1.95 bits per heavy atom. The molecule has 0 aromatic heterocycles. The largest absolute Gasteiger partial charge is 0.496 e. The predicted molar refractivity (Wildman–Crippen MR) is 152 cm³/mol. The van der Waals surface area contributed by atoms with E-state index in [1.807, 2.05) is 0 Å². The van der Waals surface area contributed by atoms with Gasteiger partial charge >= 0.3 is 6.09 Å². The number of aryl methyl sites for hydroxylation is 1. The Labute approximate surface area is 230 Å². The fourth-order valence-electron chi connectivity index (χ4n) is 3.68. The van der Waals surface area contributed by atoms with Gasteiger partial charge < -0.3 is 35.7 Å². The van der Waals surface area contributed by atoms with Crippen LogP contribution in [-0.2, 0) is 19.6 Å². The molecule has 216 valence electrons. The number of carbonyl (C=O) groups is 2. The Morgan fingerprint density at radius 3 is 2.54 bits per heavy atom. The molecule has 39 heavy (non-hydrogen) atoms. The quantitative estimate of drug-likeness (QED) is 0.0774. The summed E-state index contributed by atoms with van der Waals surface area (Å²) in [6, 6.07) is 1.64. The van der Waals surface area contributed by atoms with Gasteiger partial charge in [0.1, 0.15) is 30.0 Å². The van der Waals surface area contributed by atoms with E-state index in [0.717, 1.165) is 5.57 Å². The molecule has 0 aliphatic rings. The van der Waals surface area contributed by atoms with Crippen molar-refractivity contribution >= 4 is 28.2 Å². The molecule has 0 fully saturated rings. The van der Waals surface area contributed by atoms with Crippen LogP contribution in [0.5, 0.6) is 5.75 Å². The van der Waals surface area contributed by atoms with Gasteiger partial charge in [-0.2, -0.15) is 8.42 Å². The zero-order valence-corrected chi connectivity index (χ0v) is 24.1. The number of nitrogens with one attached hydrogen (secondary N) is 2. The van der Waals surface area contributed by atoms with Crippen LogP contribution in [-0.4, -0.2) is 70.7 Å². The number of amidine groups is 1. The third-order valence-corrected chi connectivity index (χ3v) is 7.51. The van der Waals surface area contributed by atoms with E-state index in [2.05, 4.69) is 21.6 Å². The number of aliphatic hydroxyl groups excluding tert-OH is 1. The highest BCUT2D eigenvalue weighted by Crippen LogP contribution is 2.31. The number of aliphatic hydroxyl groups is 1. The second-order valence-electron chi connectivity index (χ2n) is 9.08. The standard InChI is InChI=1S/C27H40N4O7S/c1-7-8-9-11-19(2)16-38-26(34)30-27(17-32,18-33)12-10-13-29-15-24(28)31-39(35,36)25-20(3)14-23(37-6)21(4)22(25)5/h7-9,11,14,17,29,33H,1,10,12-13,15-16,18H2,2-6H3,(H2,28,31)(H,30,34)/b9-8-,19-11+/t27-/m0/s1. The summed E-state index contributed by atoms with van der Waals surface area (Å²) in [5, 5.41) is 15.1. The second-order valence-corrected chi connectivity index (χ2v) is 10.6. The van der Waals surface area contributed by atoms with Crippen LogP contribution in [0.15, 0.2) is 51.8 Å². The number of amides is 1. The molecule has 1 aromatic carbocycles. The summed E-state index contributed by atoms with van der Waals surface area (Å²) < 4.78 is 40.0. The molecular formula is C27H40N4O7S. The minimum Gasteiger partial charge on any atom is -0.496 e. The van der Waals surface area contributed by atoms with Crippen molar-refractivity contribution in [2.24, 2.45) is 10.1 Å². The van der Waals surface area contributed by atoms with Gasteiger partial charge in [0, 0.05) is 0 Å². The maximum absolute atomic E-state index is 12.9. The smallest absolute Gasteiger partial charge is 0.408 e. The highest BCUT2D eigenvalue weighted by Gasteiger charge is 2.31. The number of hydrogen-bond donors (Lipinski definition) is 4. The SMILES string of the molecule is C=C/C=C\C=C(/C)COC(=O)N[C@@](C=O)(CO)CCCNCC(N)=NS(=O)(=O)c1c(C)cc(OC)c(C)c1C. The molecular weight excluding hydrogens is 524 g/mol. The van der Waals surface area contributed by atoms with Crippen molar-refractivity contribution in [1.29, 1.82) is 0 Å². The lowest BCUT2D eigenvalue weighted by molar-refractivity contribution is -0.115. The highest BCUT2D eigenvalue weighted by atomic mass is 32.2. The maximum atomic E-state index is 12.9. The summed E-state index contributed by atoms with van der Waals surface area (Å²) in [6.07, 6.45) is 6.91. The highest BCUT2D eigenvalue weighted by molar-refractivity contribution is 7.90. The van der Waals surface area contributed by atoms with E-state index < -0.39 is 28.3 Å². The fourth-order valence-corrected chi connectivity index (χ4v) is 5.15. The summed E-state index contributed by atoms with van der Waals surface area (Å²) in [7, 11) is -2.54. The number of sulfonamides is 1. The molecule has 0 saturated heterocycles. The molecule has 0 radical (unpaired) electrons. The Balaban J connectivity index is 2.70. The molecule has 1 amide bonds. The molecule has 1 atom stereocenters.